The van der Waals surface area contributed by atoms with Crippen molar-refractivity contribution in [3.63, 3.8) is 0 Å². The number of hydrogen-bond donors (Lipinski definition) is 2. The van der Waals surface area contributed by atoms with Crippen LogP contribution < -0.4 is 5.32 Å². The second-order valence-electron chi connectivity index (χ2n) is 3.59. The van der Waals surface area contributed by atoms with E-state index in [1.54, 1.807) is 13.0 Å². The summed E-state index contributed by atoms with van der Waals surface area (Å²) in [4.78, 5) is 12.1. The number of carbonyl (C=O) groups is 1. The summed E-state index contributed by atoms with van der Waals surface area (Å²) in [5.41, 5.74) is -1.03. The molecule has 0 saturated heterocycles. The molecule has 84 valence electrons. The van der Waals surface area contributed by atoms with Gasteiger partial charge in [0.15, 0.2) is 0 Å². The predicted molar refractivity (Wildman–Crippen MR) is 59.2 cm³/mol. The van der Waals surface area contributed by atoms with Crippen LogP contribution in [0.5, 0.6) is 0 Å². The number of hydrogen-bond acceptors (Lipinski definition) is 4. The van der Waals surface area contributed by atoms with Crippen molar-refractivity contribution < 1.29 is 14.6 Å². The number of aliphatic hydroxyl groups is 1. The molecule has 1 heterocycles. The molecule has 0 aromatic carbocycles. The lowest BCUT2D eigenvalue weighted by Crippen LogP contribution is -2.43. The molecule has 0 aliphatic heterocycles. The zero-order valence-electron chi connectivity index (χ0n) is 8.82. The lowest BCUT2D eigenvalue weighted by atomic mass is 10.1. The van der Waals surface area contributed by atoms with Crippen molar-refractivity contribution in [2.45, 2.75) is 12.5 Å². The molecule has 1 rings (SSSR count). The van der Waals surface area contributed by atoms with Crippen LogP contribution in [0.3, 0.4) is 0 Å². The predicted octanol–water partition coefficient (Wildman–Crippen LogP) is 0.875. The molecule has 0 bridgehead atoms. The number of thiophene rings is 1. The minimum atomic E-state index is -1.03. The Bertz CT molecular complexity index is 308. The molecule has 2 N–H and O–H groups in total. The summed E-state index contributed by atoms with van der Waals surface area (Å²) >= 11 is 1.37. The maximum atomic E-state index is 11.5. The minimum Gasteiger partial charge on any atom is -0.386 e. The molecular weight excluding hydrogens is 214 g/mol. The summed E-state index contributed by atoms with van der Waals surface area (Å²) in [6.45, 7) is 1.99. The van der Waals surface area contributed by atoms with Crippen LogP contribution >= 0.6 is 11.3 Å². The van der Waals surface area contributed by atoms with Gasteiger partial charge >= 0.3 is 0 Å². The topological polar surface area (TPSA) is 58.6 Å². The molecule has 0 spiro atoms. The van der Waals surface area contributed by atoms with E-state index in [1.807, 2.05) is 11.4 Å². The summed E-state index contributed by atoms with van der Waals surface area (Å²) in [6, 6.07) is 3.55. The first-order valence-electron chi connectivity index (χ1n) is 4.58. The number of carbonyl (C=O) groups excluding carboxylic acids is 1. The second-order valence-corrected chi connectivity index (χ2v) is 4.54. The molecule has 5 heteroatoms. The molecule has 1 atom stereocenters. The average Bonchev–Trinajstić information content (AvgIpc) is 2.67. The normalized spacial score (nSPS) is 14.6. The van der Waals surface area contributed by atoms with Gasteiger partial charge in [0.2, 0.25) is 0 Å². The SMILES string of the molecule is COC[C@@](C)(O)CNC(=O)c1cccs1. The van der Waals surface area contributed by atoms with Crippen LogP contribution in [0.15, 0.2) is 17.5 Å². The zero-order valence-corrected chi connectivity index (χ0v) is 9.63. The number of rotatable bonds is 5. The van der Waals surface area contributed by atoms with Gasteiger partial charge in [-0.25, -0.2) is 0 Å². The van der Waals surface area contributed by atoms with E-state index in [4.69, 9.17) is 4.74 Å². The van der Waals surface area contributed by atoms with E-state index < -0.39 is 5.60 Å². The van der Waals surface area contributed by atoms with E-state index in [2.05, 4.69) is 5.32 Å². The van der Waals surface area contributed by atoms with Gasteiger partial charge in [0.25, 0.3) is 5.91 Å². The summed E-state index contributed by atoms with van der Waals surface area (Å²) in [5, 5.41) is 14.2. The fourth-order valence-electron chi connectivity index (χ4n) is 1.13. The average molecular weight is 229 g/mol. The minimum absolute atomic E-state index is 0.165. The summed E-state index contributed by atoms with van der Waals surface area (Å²) in [5.74, 6) is -0.165. The van der Waals surface area contributed by atoms with E-state index in [9.17, 15) is 9.90 Å². The van der Waals surface area contributed by atoms with Gasteiger partial charge in [-0.05, 0) is 18.4 Å². The molecule has 1 aromatic rings. The maximum absolute atomic E-state index is 11.5. The standard InChI is InChI=1S/C10H15NO3S/c1-10(13,7-14-2)6-11-9(12)8-4-3-5-15-8/h3-5,13H,6-7H2,1-2H3,(H,11,12)/t10-/m0/s1. The highest BCUT2D eigenvalue weighted by atomic mass is 32.1. The van der Waals surface area contributed by atoms with Gasteiger partial charge in [-0.1, -0.05) is 6.07 Å². The first-order valence-corrected chi connectivity index (χ1v) is 5.46. The van der Waals surface area contributed by atoms with Gasteiger partial charge in [-0.3, -0.25) is 4.79 Å². The first kappa shape index (κ1) is 12.2. The third-order valence-electron chi connectivity index (χ3n) is 1.83. The van der Waals surface area contributed by atoms with Crippen molar-refractivity contribution in [3.8, 4) is 0 Å². The fourth-order valence-corrected chi connectivity index (χ4v) is 1.77. The van der Waals surface area contributed by atoms with Crippen LogP contribution in [0.2, 0.25) is 0 Å². The monoisotopic (exact) mass is 229 g/mol. The Labute approximate surface area is 92.9 Å². The Balaban J connectivity index is 2.40. The third kappa shape index (κ3) is 3.99. The lowest BCUT2D eigenvalue weighted by Gasteiger charge is -2.22. The second kappa shape index (κ2) is 5.25. The van der Waals surface area contributed by atoms with Crippen LogP contribution in [0, 0.1) is 0 Å². The number of methoxy groups -OCH3 is 1. The van der Waals surface area contributed by atoms with Gasteiger partial charge in [-0.15, -0.1) is 11.3 Å². The number of amides is 1. The number of ether oxygens (including phenoxy) is 1. The Morgan fingerprint density at radius 3 is 3.00 bits per heavy atom. The molecule has 1 aromatic heterocycles. The van der Waals surface area contributed by atoms with E-state index in [0.29, 0.717) is 4.88 Å². The molecule has 0 unspecified atom stereocenters. The Morgan fingerprint density at radius 2 is 2.47 bits per heavy atom. The smallest absolute Gasteiger partial charge is 0.261 e. The van der Waals surface area contributed by atoms with Gasteiger partial charge in [0, 0.05) is 13.7 Å². The highest BCUT2D eigenvalue weighted by Gasteiger charge is 2.21. The molecular formula is C10H15NO3S. The largest absolute Gasteiger partial charge is 0.386 e. The summed E-state index contributed by atoms with van der Waals surface area (Å²) in [7, 11) is 1.51. The van der Waals surface area contributed by atoms with E-state index in [-0.39, 0.29) is 19.1 Å². The van der Waals surface area contributed by atoms with Crippen LogP contribution in [0.1, 0.15) is 16.6 Å². The van der Waals surface area contributed by atoms with Gasteiger partial charge in [0.1, 0.15) is 5.60 Å². The van der Waals surface area contributed by atoms with Crippen molar-refractivity contribution in [1.29, 1.82) is 0 Å². The third-order valence-corrected chi connectivity index (χ3v) is 2.70. The van der Waals surface area contributed by atoms with Crippen molar-refractivity contribution in [2.24, 2.45) is 0 Å². The molecule has 0 saturated carbocycles. The zero-order chi connectivity index (χ0) is 11.3. The maximum Gasteiger partial charge on any atom is 0.261 e. The quantitative estimate of drug-likeness (QED) is 0.788. The van der Waals surface area contributed by atoms with Gasteiger partial charge in [-0.2, -0.15) is 0 Å². The van der Waals surface area contributed by atoms with Crippen molar-refractivity contribution in [3.05, 3.63) is 22.4 Å². The van der Waals surface area contributed by atoms with Crippen LogP contribution in [0.4, 0.5) is 0 Å². The highest BCUT2D eigenvalue weighted by molar-refractivity contribution is 7.12. The van der Waals surface area contributed by atoms with Crippen LogP contribution in [0.25, 0.3) is 0 Å². The highest BCUT2D eigenvalue weighted by Crippen LogP contribution is 2.08. The van der Waals surface area contributed by atoms with Gasteiger partial charge in [0.05, 0.1) is 11.5 Å². The Morgan fingerprint density at radius 1 is 1.73 bits per heavy atom. The van der Waals surface area contributed by atoms with Crippen molar-refractivity contribution in [2.75, 3.05) is 20.3 Å². The van der Waals surface area contributed by atoms with Gasteiger partial charge < -0.3 is 15.2 Å². The first-order chi connectivity index (χ1) is 7.05. The molecule has 15 heavy (non-hydrogen) atoms. The van der Waals surface area contributed by atoms with Crippen molar-refractivity contribution in [1.82, 2.24) is 5.32 Å². The Hall–Kier alpha value is -0.910. The summed E-state index contributed by atoms with van der Waals surface area (Å²) in [6.07, 6.45) is 0. The lowest BCUT2D eigenvalue weighted by molar-refractivity contribution is -0.0146. The van der Waals surface area contributed by atoms with E-state index in [1.165, 1.54) is 18.4 Å². The molecule has 1 amide bonds. The molecule has 4 nitrogen and oxygen atoms in total. The van der Waals surface area contributed by atoms with E-state index >= 15 is 0 Å². The molecule has 0 radical (unpaired) electrons. The van der Waals surface area contributed by atoms with Crippen LogP contribution in [-0.4, -0.2) is 36.9 Å². The molecule has 0 aliphatic carbocycles. The fraction of sp³-hybridized carbons (Fsp3) is 0.500. The molecule has 0 aliphatic rings. The van der Waals surface area contributed by atoms with Crippen LogP contribution in [-0.2, 0) is 4.74 Å². The van der Waals surface area contributed by atoms with E-state index in [0.717, 1.165) is 0 Å². The van der Waals surface area contributed by atoms with Crippen molar-refractivity contribution >= 4 is 17.2 Å². The molecule has 0 fully saturated rings. The Kier molecular flexibility index (Phi) is 4.26. The number of nitrogens with one attached hydrogen (secondary N) is 1. The summed E-state index contributed by atoms with van der Waals surface area (Å²) < 4.78 is 4.83.